The molecule has 2 heteroatoms. The molecule has 1 N–H and O–H groups in total. The molecule has 0 radical (unpaired) electrons. The Morgan fingerprint density at radius 2 is 2.17 bits per heavy atom. The van der Waals surface area contributed by atoms with Crippen molar-refractivity contribution >= 4 is 0 Å². The Labute approximate surface area is 74.6 Å². The monoisotopic (exact) mass is 169 g/mol. The van der Waals surface area contributed by atoms with Crippen LogP contribution in [-0.4, -0.2) is 35.7 Å². The SMILES string of the molecule is C[C@H]1CC2CCC([C@@H]1CO)N2C. The van der Waals surface area contributed by atoms with Crippen molar-refractivity contribution < 1.29 is 5.11 Å². The molecule has 0 aromatic heterocycles. The number of nitrogens with zero attached hydrogens (tertiary/aromatic N) is 1. The first-order valence-corrected chi connectivity index (χ1v) is 5.07. The van der Waals surface area contributed by atoms with Crippen LogP contribution in [0.1, 0.15) is 26.2 Å². The highest BCUT2D eigenvalue weighted by Gasteiger charge is 2.43. The number of aliphatic hydroxyl groups is 1. The van der Waals surface area contributed by atoms with Gasteiger partial charge in [0.05, 0.1) is 0 Å². The summed E-state index contributed by atoms with van der Waals surface area (Å²) < 4.78 is 0. The van der Waals surface area contributed by atoms with Crippen LogP contribution >= 0.6 is 0 Å². The molecule has 2 nitrogen and oxygen atoms in total. The maximum atomic E-state index is 9.27. The Bertz CT molecular complexity index is 171. The molecule has 2 aliphatic heterocycles. The molecule has 2 heterocycles. The molecule has 0 spiro atoms. The highest BCUT2D eigenvalue weighted by atomic mass is 16.3. The lowest BCUT2D eigenvalue weighted by Crippen LogP contribution is -2.47. The van der Waals surface area contributed by atoms with E-state index in [1.54, 1.807) is 0 Å². The van der Waals surface area contributed by atoms with Crippen LogP contribution < -0.4 is 0 Å². The van der Waals surface area contributed by atoms with E-state index in [1.807, 2.05) is 0 Å². The topological polar surface area (TPSA) is 23.5 Å². The van der Waals surface area contributed by atoms with Crippen molar-refractivity contribution in [1.29, 1.82) is 0 Å². The maximum absolute atomic E-state index is 9.27. The average molecular weight is 169 g/mol. The first kappa shape index (κ1) is 8.52. The predicted octanol–water partition coefficient (Wildman–Crippen LogP) is 1.10. The van der Waals surface area contributed by atoms with E-state index in [0.29, 0.717) is 18.6 Å². The highest BCUT2D eigenvalue weighted by Crippen LogP contribution is 2.40. The van der Waals surface area contributed by atoms with Crippen LogP contribution in [0, 0.1) is 11.8 Å². The quantitative estimate of drug-likeness (QED) is 0.635. The summed E-state index contributed by atoms with van der Waals surface area (Å²) in [5, 5.41) is 9.27. The van der Waals surface area contributed by atoms with Gasteiger partial charge in [-0.1, -0.05) is 6.92 Å². The second-order valence-corrected chi connectivity index (χ2v) is 4.52. The fourth-order valence-electron chi connectivity index (χ4n) is 3.13. The summed E-state index contributed by atoms with van der Waals surface area (Å²) in [4.78, 5) is 2.49. The molecule has 2 saturated heterocycles. The minimum atomic E-state index is 0.378. The standard InChI is InChI=1S/C10H19NO/c1-7-5-8-3-4-10(11(8)2)9(7)6-12/h7-10,12H,3-6H2,1-2H3/t7-,8?,9+,10?/m0/s1. The van der Waals surface area contributed by atoms with E-state index >= 15 is 0 Å². The number of hydrogen-bond acceptors (Lipinski definition) is 2. The molecule has 2 unspecified atom stereocenters. The Morgan fingerprint density at radius 3 is 2.83 bits per heavy atom. The van der Waals surface area contributed by atoms with Crippen molar-refractivity contribution in [3.05, 3.63) is 0 Å². The summed E-state index contributed by atoms with van der Waals surface area (Å²) in [5.41, 5.74) is 0. The van der Waals surface area contributed by atoms with Crippen LogP contribution in [-0.2, 0) is 0 Å². The molecule has 4 atom stereocenters. The molecule has 2 aliphatic rings. The third kappa shape index (κ3) is 1.09. The number of piperidine rings is 1. The maximum Gasteiger partial charge on any atom is 0.0476 e. The molecule has 0 saturated carbocycles. The molecule has 0 aliphatic carbocycles. The fourth-order valence-corrected chi connectivity index (χ4v) is 3.13. The number of fused-ring (bicyclic) bond motifs is 2. The number of hydrogen-bond donors (Lipinski definition) is 1. The van der Waals surface area contributed by atoms with Crippen molar-refractivity contribution in [3.63, 3.8) is 0 Å². The van der Waals surface area contributed by atoms with Gasteiger partial charge in [0.1, 0.15) is 0 Å². The van der Waals surface area contributed by atoms with Crippen LogP contribution in [0.2, 0.25) is 0 Å². The van der Waals surface area contributed by atoms with Crippen LogP contribution in [0.5, 0.6) is 0 Å². The molecule has 2 bridgehead atoms. The van der Waals surface area contributed by atoms with E-state index in [1.165, 1.54) is 19.3 Å². The first-order chi connectivity index (χ1) is 5.74. The van der Waals surface area contributed by atoms with E-state index in [-0.39, 0.29) is 0 Å². The lowest BCUT2D eigenvalue weighted by molar-refractivity contribution is 0.0382. The summed E-state index contributed by atoms with van der Waals surface area (Å²) in [5.74, 6) is 1.26. The predicted molar refractivity (Wildman–Crippen MR) is 48.9 cm³/mol. The van der Waals surface area contributed by atoms with Crippen molar-refractivity contribution in [2.45, 2.75) is 38.3 Å². The first-order valence-electron chi connectivity index (χ1n) is 5.07. The molecule has 70 valence electrons. The summed E-state index contributed by atoms with van der Waals surface area (Å²) in [6.45, 7) is 2.67. The smallest absolute Gasteiger partial charge is 0.0476 e. The van der Waals surface area contributed by atoms with Crippen molar-refractivity contribution in [2.24, 2.45) is 11.8 Å². The van der Waals surface area contributed by atoms with Crippen LogP contribution in [0.3, 0.4) is 0 Å². The van der Waals surface area contributed by atoms with Gasteiger partial charge >= 0.3 is 0 Å². The fraction of sp³-hybridized carbons (Fsp3) is 1.00. The molecule has 0 aromatic rings. The van der Waals surface area contributed by atoms with E-state index < -0.39 is 0 Å². The van der Waals surface area contributed by atoms with Gasteiger partial charge < -0.3 is 10.0 Å². The molecule has 2 fully saturated rings. The molecule has 12 heavy (non-hydrogen) atoms. The van der Waals surface area contributed by atoms with Crippen molar-refractivity contribution in [2.75, 3.05) is 13.7 Å². The molecule has 0 aromatic carbocycles. The zero-order valence-electron chi connectivity index (χ0n) is 8.03. The van der Waals surface area contributed by atoms with E-state index in [0.717, 1.165) is 12.0 Å². The second kappa shape index (κ2) is 3.00. The highest BCUT2D eigenvalue weighted by molar-refractivity contribution is 4.97. The number of aliphatic hydroxyl groups excluding tert-OH is 1. The van der Waals surface area contributed by atoms with Gasteiger partial charge in [-0.15, -0.1) is 0 Å². The lowest BCUT2D eigenvalue weighted by Gasteiger charge is -2.40. The van der Waals surface area contributed by atoms with Crippen molar-refractivity contribution in [1.82, 2.24) is 4.90 Å². The van der Waals surface area contributed by atoms with E-state index in [4.69, 9.17) is 0 Å². The Hall–Kier alpha value is -0.0800. The average Bonchev–Trinajstić information content (AvgIpc) is 2.34. The van der Waals surface area contributed by atoms with Crippen LogP contribution in [0.25, 0.3) is 0 Å². The van der Waals surface area contributed by atoms with Gasteiger partial charge in [0.2, 0.25) is 0 Å². The van der Waals surface area contributed by atoms with Gasteiger partial charge in [-0.05, 0) is 32.2 Å². The summed E-state index contributed by atoms with van der Waals surface area (Å²) >= 11 is 0. The Balaban J connectivity index is 2.14. The molecule has 2 rings (SSSR count). The van der Waals surface area contributed by atoms with Crippen LogP contribution in [0.15, 0.2) is 0 Å². The Morgan fingerprint density at radius 1 is 1.42 bits per heavy atom. The molecular formula is C10H19NO. The zero-order chi connectivity index (χ0) is 8.72. The number of rotatable bonds is 1. The van der Waals surface area contributed by atoms with Crippen molar-refractivity contribution in [3.8, 4) is 0 Å². The molecule has 0 amide bonds. The van der Waals surface area contributed by atoms with Gasteiger partial charge in [-0.2, -0.15) is 0 Å². The van der Waals surface area contributed by atoms with Crippen LogP contribution in [0.4, 0.5) is 0 Å². The summed E-state index contributed by atoms with van der Waals surface area (Å²) in [6.07, 6.45) is 3.94. The Kier molecular flexibility index (Phi) is 2.13. The largest absolute Gasteiger partial charge is 0.396 e. The van der Waals surface area contributed by atoms with E-state index in [9.17, 15) is 5.11 Å². The van der Waals surface area contributed by atoms with Gasteiger partial charge in [0, 0.05) is 24.6 Å². The normalized spacial score (nSPS) is 48.2. The summed E-state index contributed by atoms with van der Waals surface area (Å²) in [6, 6.07) is 1.48. The van der Waals surface area contributed by atoms with Gasteiger partial charge in [0.25, 0.3) is 0 Å². The minimum absolute atomic E-state index is 0.378. The lowest BCUT2D eigenvalue weighted by atomic mass is 9.82. The second-order valence-electron chi connectivity index (χ2n) is 4.52. The minimum Gasteiger partial charge on any atom is -0.396 e. The third-order valence-corrected chi connectivity index (χ3v) is 3.97. The van der Waals surface area contributed by atoms with Gasteiger partial charge in [0.15, 0.2) is 0 Å². The van der Waals surface area contributed by atoms with Gasteiger partial charge in [-0.25, -0.2) is 0 Å². The van der Waals surface area contributed by atoms with Gasteiger partial charge in [-0.3, -0.25) is 0 Å². The van der Waals surface area contributed by atoms with E-state index in [2.05, 4.69) is 18.9 Å². The molecular weight excluding hydrogens is 150 g/mol. The summed E-state index contributed by atoms with van der Waals surface area (Å²) in [7, 11) is 2.22. The third-order valence-electron chi connectivity index (χ3n) is 3.97. The zero-order valence-corrected chi connectivity index (χ0v) is 8.03.